The normalized spacial score (nSPS) is 14.7. The number of benzene rings is 2. The Morgan fingerprint density at radius 3 is 2.32 bits per heavy atom. The van der Waals surface area contributed by atoms with Crippen LogP contribution in [0, 0.1) is 5.82 Å². The molecule has 0 radical (unpaired) electrons. The van der Waals surface area contributed by atoms with Crippen LogP contribution in [0.4, 0.5) is 20.6 Å². The number of likely N-dealkylation sites (tertiary alicyclic amines) is 1. The number of anilines is 2. The number of hydrogen-bond donors (Lipinski definition) is 0. The molecular formula is C35H51FN4O6Si. The van der Waals surface area contributed by atoms with E-state index in [1.165, 1.54) is 20.3 Å². The second-order valence-corrected chi connectivity index (χ2v) is 19.4. The minimum Gasteiger partial charge on any atom is -0.497 e. The monoisotopic (exact) mass is 670 g/mol. The zero-order valence-electron chi connectivity index (χ0n) is 29.6. The van der Waals surface area contributed by atoms with E-state index < -0.39 is 19.7 Å². The molecule has 1 saturated heterocycles. The van der Waals surface area contributed by atoms with E-state index in [2.05, 4.69) is 38.8 Å². The molecule has 0 bridgehead atoms. The summed E-state index contributed by atoms with van der Waals surface area (Å²) in [5.74, 6) is -0.0215. The molecule has 2 heterocycles. The number of fused-ring (bicyclic) bond motifs is 1. The summed E-state index contributed by atoms with van der Waals surface area (Å²) in [5.41, 5.74) is 0.695. The smallest absolute Gasteiger partial charge is 0.410 e. The first-order chi connectivity index (χ1) is 22.0. The van der Waals surface area contributed by atoms with Crippen molar-refractivity contribution < 1.29 is 27.8 Å². The van der Waals surface area contributed by atoms with E-state index in [-0.39, 0.29) is 34.2 Å². The zero-order chi connectivity index (χ0) is 34.7. The molecule has 12 heteroatoms. The van der Waals surface area contributed by atoms with Crippen LogP contribution in [-0.4, -0.2) is 74.9 Å². The van der Waals surface area contributed by atoms with Gasteiger partial charge >= 0.3 is 6.09 Å². The van der Waals surface area contributed by atoms with Gasteiger partial charge in [-0.15, -0.1) is 0 Å². The van der Waals surface area contributed by atoms with Gasteiger partial charge in [-0.1, -0.05) is 20.8 Å². The van der Waals surface area contributed by atoms with Crippen LogP contribution < -0.4 is 19.9 Å². The number of hydrogen-bond acceptors (Lipinski definition) is 8. The highest BCUT2D eigenvalue weighted by molar-refractivity contribution is 6.74. The molecule has 1 amide bonds. The van der Waals surface area contributed by atoms with Gasteiger partial charge in [-0.3, -0.25) is 9.36 Å². The van der Waals surface area contributed by atoms with Crippen molar-refractivity contribution in [2.45, 2.75) is 90.6 Å². The molecule has 1 aliphatic rings. The Morgan fingerprint density at radius 2 is 1.72 bits per heavy atom. The lowest BCUT2D eigenvalue weighted by molar-refractivity contribution is 0.0187. The molecule has 0 spiro atoms. The van der Waals surface area contributed by atoms with Crippen molar-refractivity contribution in [3.63, 3.8) is 0 Å². The van der Waals surface area contributed by atoms with E-state index in [1.807, 2.05) is 31.7 Å². The predicted octanol–water partition coefficient (Wildman–Crippen LogP) is 7.67. The third-order valence-corrected chi connectivity index (χ3v) is 13.7. The molecule has 10 nitrogen and oxygen atoms in total. The SMILES string of the molecule is COc1cc(OC)c(F)c(N(CCCO[Si](C)(C)C(C)(C)C)c2ccc3ncn(C4CCN(C(=O)OC(C)(C)C)CC4)c(=O)c3c2)c1. The molecule has 258 valence electrons. The highest BCUT2D eigenvalue weighted by Crippen LogP contribution is 2.39. The number of halogens is 1. The van der Waals surface area contributed by atoms with Crippen molar-refractivity contribution in [2.75, 3.05) is 45.4 Å². The average Bonchev–Trinajstić information content (AvgIpc) is 3.00. The number of rotatable bonds is 10. The van der Waals surface area contributed by atoms with Crippen LogP contribution in [0.1, 0.15) is 66.8 Å². The van der Waals surface area contributed by atoms with E-state index in [4.69, 9.17) is 18.6 Å². The van der Waals surface area contributed by atoms with Crippen molar-refractivity contribution in [2.24, 2.45) is 0 Å². The summed E-state index contributed by atoms with van der Waals surface area (Å²) >= 11 is 0. The Hall–Kier alpha value is -3.64. The van der Waals surface area contributed by atoms with Crippen molar-refractivity contribution in [3.8, 4) is 11.5 Å². The van der Waals surface area contributed by atoms with Gasteiger partial charge in [0.1, 0.15) is 11.4 Å². The standard InChI is InChI=1S/C35H51FN4O6Si/c1-34(2,3)46-33(42)38-17-14-24(15-18-38)40-23-37-28-13-12-25(20-27(28)32(40)41)39(16-11-19-45-47(9,10)35(4,5)6)29-21-26(43-7)22-30(44-8)31(29)36/h12-13,20-24H,11,14-19H2,1-10H3. The Bertz CT molecular complexity index is 1620. The van der Waals surface area contributed by atoms with Gasteiger partial charge in [-0.05, 0) is 76.4 Å². The maximum atomic E-state index is 15.9. The number of ether oxygens (including phenoxy) is 3. The third-order valence-electron chi connectivity index (χ3n) is 9.12. The van der Waals surface area contributed by atoms with Gasteiger partial charge in [-0.25, -0.2) is 14.2 Å². The number of carbonyl (C=O) groups excluding carboxylic acids is 1. The fourth-order valence-electron chi connectivity index (χ4n) is 5.38. The van der Waals surface area contributed by atoms with Gasteiger partial charge in [0.15, 0.2) is 19.9 Å². The van der Waals surface area contributed by atoms with Crippen LogP contribution in [0.5, 0.6) is 11.5 Å². The van der Waals surface area contributed by atoms with Crippen LogP contribution in [0.15, 0.2) is 41.5 Å². The van der Waals surface area contributed by atoms with Gasteiger partial charge in [-0.2, -0.15) is 0 Å². The predicted molar refractivity (Wildman–Crippen MR) is 186 cm³/mol. The Kier molecular flexibility index (Phi) is 11.0. The highest BCUT2D eigenvalue weighted by atomic mass is 28.4. The van der Waals surface area contributed by atoms with E-state index in [1.54, 1.807) is 34.0 Å². The largest absolute Gasteiger partial charge is 0.497 e. The zero-order valence-corrected chi connectivity index (χ0v) is 30.6. The van der Waals surface area contributed by atoms with Crippen molar-refractivity contribution in [1.82, 2.24) is 14.5 Å². The molecule has 4 rings (SSSR count). The maximum absolute atomic E-state index is 15.9. The lowest BCUT2D eigenvalue weighted by atomic mass is 10.0. The summed E-state index contributed by atoms with van der Waals surface area (Å²) in [6.07, 6.45) is 3.06. The van der Waals surface area contributed by atoms with E-state index >= 15 is 4.39 Å². The number of aromatic nitrogens is 2. The summed E-state index contributed by atoms with van der Waals surface area (Å²) in [7, 11) is 0.964. The number of amides is 1. The fraction of sp³-hybridized carbons (Fsp3) is 0.571. The van der Waals surface area contributed by atoms with Crippen LogP contribution >= 0.6 is 0 Å². The molecule has 47 heavy (non-hydrogen) atoms. The number of methoxy groups -OCH3 is 2. The molecule has 0 atom stereocenters. The summed E-state index contributed by atoms with van der Waals surface area (Å²) in [4.78, 5) is 34.6. The topological polar surface area (TPSA) is 95.4 Å². The summed E-state index contributed by atoms with van der Waals surface area (Å²) in [5, 5.41) is 0.494. The van der Waals surface area contributed by atoms with Crippen LogP contribution in [0.2, 0.25) is 18.1 Å². The first-order valence-corrected chi connectivity index (χ1v) is 19.2. The van der Waals surface area contributed by atoms with Gasteiger partial charge in [0.05, 0.1) is 37.1 Å². The summed E-state index contributed by atoms with van der Waals surface area (Å²) in [6, 6.07) is 8.43. The van der Waals surface area contributed by atoms with Gasteiger partial charge in [0, 0.05) is 50.1 Å². The minimum atomic E-state index is -1.98. The molecule has 2 aromatic carbocycles. The van der Waals surface area contributed by atoms with Crippen LogP contribution in [-0.2, 0) is 9.16 Å². The molecule has 3 aromatic rings. The quantitative estimate of drug-likeness (QED) is 0.160. The average molecular weight is 671 g/mol. The number of carbonyl (C=O) groups is 1. The molecule has 1 aliphatic heterocycles. The lowest BCUT2D eigenvalue weighted by Gasteiger charge is -2.36. The highest BCUT2D eigenvalue weighted by Gasteiger charge is 2.37. The first-order valence-electron chi connectivity index (χ1n) is 16.3. The molecule has 1 aromatic heterocycles. The molecule has 0 aliphatic carbocycles. The molecule has 0 N–H and O–H groups in total. The van der Waals surface area contributed by atoms with E-state index in [0.29, 0.717) is 67.8 Å². The molecule has 1 fully saturated rings. The number of nitrogens with zero attached hydrogens (tertiary/aromatic N) is 4. The molecule has 0 unspecified atom stereocenters. The van der Waals surface area contributed by atoms with Crippen LogP contribution in [0.3, 0.4) is 0 Å². The maximum Gasteiger partial charge on any atom is 0.410 e. The lowest BCUT2D eigenvalue weighted by Crippen LogP contribution is -2.43. The molecule has 0 saturated carbocycles. The fourth-order valence-corrected chi connectivity index (χ4v) is 6.47. The Labute approximate surface area is 278 Å². The Balaban J connectivity index is 1.66. The van der Waals surface area contributed by atoms with Gasteiger partial charge in [0.2, 0.25) is 0 Å². The van der Waals surface area contributed by atoms with Crippen molar-refractivity contribution in [3.05, 3.63) is 52.8 Å². The third kappa shape index (κ3) is 8.45. The first kappa shape index (κ1) is 36.2. The summed E-state index contributed by atoms with van der Waals surface area (Å²) < 4.78 is 40.3. The van der Waals surface area contributed by atoms with Crippen molar-refractivity contribution in [1.29, 1.82) is 0 Å². The van der Waals surface area contributed by atoms with E-state index in [9.17, 15) is 9.59 Å². The van der Waals surface area contributed by atoms with E-state index in [0.717, 1.165) is 0 Å². The minimum absolute atomic E-state index is 0.0596. The van der Waals surface area contributed by atoms with Gasteiger partial charge < -0.3 is 28.4 Å². The number of piperidine rings is 1. The second kappa shape index (κ2) is 14.2. The van der Waals surface area contributed by atoms with Gasteiger partial charge in [0.25, 0.3) is 5.56 Å². The Morgan fingerprint density at radius 1 is 1.04 bits per heavy atom. The second-order valence-electron chi connectivity index (χ2n) is 14.6. The van der Waals surface area contributed by atoms with Crippen molar-refractivity contribution >= 4 is 36.7 Å². The molecular weight excluding hydrogens is 619 g/mol. The van der Waals surface area contributed by atoms with Crippen LogP contribution in [0.25, 0.3) is 10.9 Å². The summed E-state index contributed by atoms with van der Waals surface area (Å²) in [6.45, 7) is 18.4.